The van der Waals surface area contributed by atoms with Crippen LogP contribution in [0.3, 0.4) is 0 Å². The molecule has 3 atom stereocenters. The van der Waals surface area contributed by atoms with Gasteiger partial charge in [-0.1, -0.05) is 20.8 Å². The van der Waals surface area contributed by atoms with E-state index in [4.69, 9.17) is 4.74 Å². The molecule has 3 unspecified atom stereocenters. The number of hydrogen-bond donors (Lipinski definition) is 2. The van der Waals surface area contributed by atoms with Crippen molar-refractivity contribution in [3.8, 4) is 0 Å². The molecule has 1 aliphatic rings. The normalized spacial score (nSPS) is 30.3. The molecule has 1 fully saturated rings. The van der Waals surface area contributed by atoms with Crippen LogP contribution in [0.15, 0.2) is 0 Å². The smallest absolute Gasteiger partial charge is 0.364 e. The number of carbonyl (C=O) groups excluding carboxylic acids is 1. The first kappa shape index (κ1) is 15.4. The van der Waals surface area contributed by atoms with E-state index in [0.29, 0.717) is 0 Å². The fraction of sp³-hybridized carbons (Fsp3) is 0.909. The highest BCUT2D eigenvalue weighted by molar-refractivity contribution is 5.89. The van der Waals surface area contributed by atoms with E-state index in [1.165, 1.54) is 7.11 Å². The molecule has 0 radical (unpaired) electrons. The molecular weight excluding hydrogens is 249 g/mol. The van der Waals surface area contributed by atoms with Crippen LogP contribution in [-0.2, 0) is 9.53 Å². The lowest BCUT2D eigenvalue weighted by molar-refractivity contribution is -0.176. The average molecular weight is 268 g/mol. The zero-order valence-electron chi connectivity index (χ0n) is 10.9. The summed E-state index contributed by atoms with van der Waals surface area (Å²) in [5, 5.41) is 4.94. The van der Waals surface area contributed by atoms with Gasteiger partial charge in [0, 0.05) is 19.1 Å². The van der Waals surface area contributed by atoms with E-state index in [1.807, 2.05) is 0 Å². The maximum absolute atomic E-state index is 12.6. The standard InChI is InChI=1S/C11H19F3N2O2/c1-10(2,3)8(17)7-9(18-4)16-6(5-15-7)11(12,13)14/h6-7,9,15-16H,5H2,1-4H3. The minimum atomic E-state index is -4.36. The Balaban J connectivity index is 2.79. The lowest BCUT2D eigenvalue weighted by Crippen LogP contribution is -2.68. The molecule has 0 aromatic carbocycles. The van der Waals surface area contributed by atoms with Crippen LogP contribution >= 0.6 is 0 Å². The van der Waals surface area contributed by atoms with Gasteiger partial charge in [0.1, 0.15) is 18.3 Å². The van der Waals surface area contributed by atoms with Crippen LogP contribution in [-0.4, -0.2) is 43.9 Å². The van der Waals surface area contributed by atoms with Gasteiger partial charge < -0.3 is 10.1 Å². The minimum Gasteiger partial charge on any atom is -0.364 e. The number of rotatable bonds is 2. The Hall–Kier alpha value is -0.660. The topological polar surface area (TPSA) is 50.4 Å². The van der Waals surface area contributed by atoms with E-state index in [2.05, 4.69) is 10.6 Å². The van der Waals surface area contributed by atoms with Crippen LogP contribution in [0.4, 0.5) is 13.2 Å². The average Bonchev–Trinajstić information content (AvgIpc) is 2.24. The third kappa shape index (κ3) is 3.43. The summed E-state index contributed by atoms with van der Waals surface area (Å²) in [7, 11) is 1.28. The first-order valence-electron chi connectivity index (χ1n) is 5.70. The van der Waals surface area contributed by atoms with Crippen LogP contribution in [0, 0.1) is 5.41 Å². The molecule has 2 N–H and O–H groups in total. The van der Waals surface area contributed by atoms with E-state index in [1.54, 1.807) is 20.8 Å². The Morgan fingerprint density at radius 1 is 1.28 bits per heavy atom. The Bertz CT molecular complexity index is 312. The van der Waals surface area contributed by atoms with Crippen LogP contribution in [0.5, 0.6) is 0 Å². The quantitative estimate of drug-likeness (QED) is 0.786. The van der Waals surface area contributed by atoms with Crippen LogP contribution in [0.1, 0.15) is 20.8 Å². The zero-order chi connectivity index (χ0) is 14.1. The maximum Gasteiger partial charge on any atom is 0.405 e. The van der Waals surface area contributed by atoms with Crippen molar-refractivity contribution in [3.63, 3.8) is 0 Å². The van der Waals surface area contributed by atoms with E-state index in [9.17, 15) is 18.0 Å². The van der Waals surface area contributed by atoms with E-state index < -0.39 is 29.9 Å². The van der Waals surface area contributed by atoms with Gasteiger partial charge in [0.05, 0.1) is 0 Å². The lowest BCUT2D eigenvalue weighted by Gasteiger charge is -2.39. The number of nitrogens with one attached hydrogen (secondary N) is 2. The Labute approximate surface area is 104 Å². The van der Waals surface area contributed by atoms with E-state index in [-0.39, 0.29) is 12.3 Å². The fourth-order valence-electron chi connectivity index (χ4n) is 1.82. The number of methoxy groups -OCH3 is 1. The number of Topliss-reactive ketones (excluding diaryl/α,β-unsaturated/α-hetero) is 1. The third-order valence-corrected chi connectivity index (χ3v) is 2.88. The summed E-state index contributed by atoms with van der Waals surface area (Å²) >= 11 is 0. The van der Waals surface area contributed by atoms with Gasteiger partial charge in [-0.25, -0.2) is 0 Å². The molecule has 1 saturated heterocycles. The molecule has 0 amide bonds. The van der Waals surface area contributed by atoms with Crippen molar-refractivity contribution in [1.29, 1.82) is 0 Å². The van der Waals surface area contributed by atoms with Gasteiger partial charge in [0.2, 0.25) is 0 Å². The summed E-state index contributed by atoms with van der Waals surface area (Å²) < 4.78 is 42.7. The van der Waals surface area contributed by atoms with Gasteiger partial charge in [-0.15, -0.1) is 0 Å². The molecule has 106 valence electrons. The number of carbonyl (C=O) groups is 1. The monoisotopic (exact) mass is 268 g/mol. The van der Waals surface area contributed by atoms with Gasteiger partial charge in [-0.05, 0) is 0 Å². The molecule has 1 heterocycles. The summed E-state index contributed by atoms with van der Waals surface area (Å²) in [6, 6.07) is -2.47. The van der Waals surface area contributed by atoms with Gasteiger partial charge in [0.25, 0.3) is 0 Å². The molecule has 0 aromatic rings. The Morgan fingerprint density at radius 2 is 1.83 bits per heavy atom. The summed E-state index contributed by atoms with van der Waals surface area (Å²) in [6.07, 6.45) is -5.34. The third-order valence-electron chi connectivity index (χ3n) is 2.88. The fourth-order valence-corrected chi connectivity index (χ4v) is 1.82. The van der Waals surface area contributed by atoms with Crippen LogP contribution in [0.25, 0.3) is 0 Å². The SMILES string of the molecule is COC1NC(C(F)(F)F)CNC1C(=O)C(C)(C)C. The number of ether oxygens (including phenoxy) is 1. The highest BCUT2D eigenvalue weighted by atomic mass is 19.4. The van der Waals surface area contributed by atoms with Crippen LogP contribution in [0.2, 0.25) is 0 Å². The van der Waals surface area contributed by atoms with E-state index >= 15 is 0 Å². The molecular formula is C11H19F3N2O2. The second kappa shape index (κ2) is 5.14. The Kier molecular flexibility index (Phi) is 4.40. The molecule has 18 heavy (non-hydrogen) atoms. The summed E-state index contributed by atoms with van der Waals surface area (Å²) in [5.74, 6) is -0.178. The molecule has 0 aromatic heterocycles. The van der Waals surface area contributed by atoms with Crippen molar-refractivity contribution in [1.82, 2.24) is 10.6 Å². The molecule has 0 bridgehead atoms. The first-order chi connectivity index (χ1) is 8.07. The first-order valence-corrected chi connectivity index (χ1v) is 5.70. The maximum atomic E-state index is 12.6. The lowest BCUT2D eigenvalue weighted by atomic mass is 9.85. The van der Waals surface area contributed by atoms with Gasteiger partial charge in [0.15, 0.2) is 5.78 Å². The number of ketones is 1. The summed E-state index contributed by atoms with van der Waals surface area (Å²) in [5.41, 5.74) is -0.638. The summed E-state index contributed by atoms with van der Waals surface area (Å²) in [4.78, 5) is 12.1. The van der Waals surface area contributed by atoms with E-state index in [0.717, 1.165) is 0 Å². The van der Waals surface area contributed by atoms with Gasteiger partial charge >= 0.3 is 6.18 Å². The van der Waals surface area contributed by atoms with Crippen molar-refractivity contribution in [2.45, 2.75) is 45.3 Å². The highest BCUT2D eigenvalue weighted by Gasteiger charge is 2.47. The highest BCUT2D eigenvalue weighted by Crippen LogP contribution is 2.25. The minimum absolute atomic E-state index is 0.178. The van der Waals surface area contributed by atoms with Crippen molar-refractivity contribution < 1.29 is 22.7 Å². The number of alkyl halides is 3. The summed E-state index contributed by atoms with van der Waals surface area (Å²) in [6.45, 7) is 4.83. The predicted molar refractivity (Wildman–Crippen MR) is 60.0 cm³/mol. The van der Waals surface area contributed by atoms with Crippen molar-refractivity contribution >= 4 is 5.78 Å². The Morgan fingerprint density at radius 3 is 2.22 bits per heavy atom. The predicted octanol–water partition coefficient (Wildman–Crippen LogP) is 1.07. The largest absolute Gasteiger partial charge is 0.405 e. The van der Waals surface area contributed by atoms with Crippen molar-refractivity contribution in [2.75, 3.05) is 13.7 Å². The van der Waals surface area contributed by atoms with Crippen molar-refractivity contribution in [2.24, 2.45) is 5.41 Å². The van der Waals surface area contributed by atoms with Crippen molar-refractivity contribution in [3.05, 3.63) is 0 Å². The molecule has 7 heteroatoms. The van der Waals surface area contributed by atoms with Gasteiger partial charge in [-0.3, -0.25) is 10.1 Å². The number of halogens is 3. The van der Waals surface area contributed by atoms with Crippen LogP contribution < -0.4 is 10.6 Å². The zero-order valence-corrected chi connectivity index (χ0v) is 10.9. The molecule has 1 aliphatic heterocycles. The molecule has 1 rings (SSSR count). The van der Waals surface area contributed by atoms with Gasteiger partial charge in [-0.2, -0.15) is 13.2 Å². The number of piperazine rings is 1. The number of hydrogen-bond acceptors (Lipinski definition) is 4. The second-order valence-electron chi connectivity index (χ2n) is 5.42. The molecule has 4 nitrogen and oxygen atoms in total. The molecule has 0 saturated carbocycles. The molecule has 0 spiro atoms. The second-order valence-corrected chi connectivity index (χ2v) is 5.42. The molecule has 0 aliphatic carbocycles.